The van der Waals surface area contributed by atoms with Crippen LogP contribution in [0, 0.1) is 20.8 Å². The summed E-state index contributed by atoms with van der Waals surface area (Å²) in [5.74, 6) is 0.306. The fraction of sp³-hybridized carbons (Fsp3) is 0.238. The van der Waals surface area contributed by atoms with E-state index in [0.29, 0.717) is 5.75 Å². The fourth-order valence-corrected chi connectivity index (χ4v) is 3.84. The SMILES string of the molecule is Cc1cc(C)c(NC(=O)CSc2ncc(-c3ccccc3)n2C)c(C)c1. The number of carbonyl (C=O) groups excluding carboxylic acids is 1. The Bertz CT molecular complexity index is 909. The monoisotopic (exact) mass is 365 g/mol. The quantitative estimate of drug-likeness (QED) is 0.664. The first-order chi connectivity index (χ1) is 12.5. The number of aromatic nitrogens is 2. The molecule has 0 spiro atoms. The summed E-state index contributed by atoms with van der Waals surface area (Å²) in [7, 11) is 1.98. The van der Waals surface area contributed by atoms with Gasteiger partial charge in [0.05, 0.1) is 17.6 Å². The standard InChI is InChI=1S/C21H23N3OS/c1-14-10-15(2)20(16(3)11-14)23-19(25)13-26-21-22-12-18(24(21)4)17-8-6-5-7-9-17/h5-12H,13H2,1-4H3,(H,23,25). The topological polar surface area (TPSA) is 46.9 Å². The molecule has 0 bridgehead atoms. The lowest BCUT2D eigenvalue weighted by Gasteiger charge is -2.12. The van der Waals surface area contributed by atoms with Gasteiger partial charge in [0.15, 0.2) is 5.16 Å². The van der Waals surface area contributed by atoms with E-state index in [9.17, 15) is 4.79 Å². The van der Waals surface area contributed by atoms with Crippen molar-refractivity contribution in [2.45, 2.75) is 25.9 Å². The molecule has 134 valence electrons. The zero-order valence-electron chi connectivity index (χ0n) is 15.5. The molecular weight excluding hydrogens is 342 g/mol. The molecule has 0 aliphatic rings. The van der Waals surface area contributed by atoms with Gasteiger partial charge in [0.2, 0.25) is 5.91 Å². The van der Waals surface area contributed by atoms with Crippen LogP contribution in [-0.2, 0) is 11.8 Å². The van der Waals surface area contributed by atoms with E-state index in [1.807, 2.05) is 49.9 Å². The van der Waals surface area contributed by atoms with Crippen molar-refractivity contribution in [3.05, 3.63) is 65.4 Å². The Hall–Kier alpha value is -2.53. The third-order valence-corrected chi connectivity index (χ3v) is 5.33. The van der Waals surface area contributed by atoms with E-state index in [1.54, 1.807) is 0 Å². The van der Waals surface area contributed by atoms with Gasteiger partial charge in [-0.05, 0) is 37.5 Å². The molecule has 0 fully saturated rings. The molecule has 26 heavy (non-hydrogen) atoms. The van der Waals surface area contributed by atoms with Crippen LogP contribution in [-0.4, -0.2) is 21.2 Å². The van der Waals surface area contributed by atoms with E-state index in [-0.39, 0.29) is 5.91 Å². The molecule has 0 atom stereocenters. The van der Waals surface area contributed by atoms with E-state index in [2.05, 4.69) is 41.5 Å². The number of nitrogens with one attached hydrogen (secondary N) is 1. The zero-order valence-corrected chi connectivity index (χ0v) is 16.4. The van der Waals surface area contributed by atoms with Crippen LogP contribution >= 0.6 is 11.8 Å². The van der Waals surface area contributed by atoms with E-state index >= 15 is 0 Å². The van der Waals surface area contributed by atoms with Gasteiger partial charge < -0.3 is 9.88 Å². The third kappa shape index (κ3) is 3.99. The Morgan fingerprint density at radius 3 is 2.42 bits per heavy atom. The molecule has 3 aromatic rings. The summed E-state index contributed by atoms with van der Waals surface area (Å²) in [5.41, 5.74) is 6.44. The number of imidazole rings is 1. The molecule has 0 unspecified atom stereocenters. The largest absolute Gasteiger partial charge is 0.325 e. The first kappa shape index (κ1) is 18.3. The minimum absolute atomic E-state index is 0.0192. The molecule has 1 amide bonds. The summed E-state index contributed by atoms with van der Waals surface area (Å²) in [6.07, 6.45) is 1.85. The Morgan fingerprint density at radius 2 is 1.77 bits per heavy atom. The summed E-state index contributed by atoms with van der Waals surface area (Å²) >= 11 is 1.44. The number of benzene rings is 2. The molecular formula is C21H23N3OS. The van der Waals surface area contributed by atoms with Gasteiger partial charge in [0.1, 0.15) is 0 Å². The number of rotatable bonds is 5. The molecule has 1 N–H and O–H groups in total. The van der Waals surface area contributed by atoms with Crippen LogP contribution in [0.3, 0.4) is 0 Å². The Balaban J connectivity index is 1.67. The number of nitrogens with zero attached hydrogens (tertiary/aromatic N) is 2. The van der Waals surface area contributed by atoms with Crippen molar-refractivity contribution in [3.8, 4) is 11.3 Å². The molecule has 1 heterocycles. The highest BCUT2D eigenvalue weighted by molar-refractivity contribution is 7.99. The predicted octanol–water partition coefficient (Wildman–Crippen LogP) is 4.74. The average molecular weight is 366 g/mol. The number of hydrogen-bond acceptors (Lipinski definition) is 3. The van der Waals surface area contributed by atoms with Gasteiger partial charge >= 0.3 is 0 Å². The van der Waals surface area contributed by atoms with Crippen molar-refractivity contribution in [3.63, 3.8) is 0 Å². The van der Waals surface area contributed by atoms with E-state index in [4.69, 9.17) is 0 Å². The van der Waals surface area contributed by atoms with Gasteiger partial charge in [-0.1, -0.05) is 59.8 Å². The molecule has 0 saturated heterocycles. The van der Waals surface area contributed by atoms with Crippen LogP contribution in [0.4, 0.5) is 5.69 Å². The van der Waals surface area contributed by atoms with Crippen LogP contribution in [0.5, 0.6) is 0 Å². The van der Waals surface area contributed by atoms with Crippen LogP contribution in [0.1, 0.15) is 16.7 Å². The maximum atomic E-state index is 12.4. The molecule has 0 aliphatic heterocycles. The van der Waals surface area contributed by atoms with Gasteiger partial charge in [0, 0.05) is 12.7 Å². The first-order valence-electron chi connectivity index (χ1n) is 8.53. The summed E-state index contributed by atoms with van der Waals surface area (Å²) in [6, 6.07) is 14.3. The van der Waals surface area contributed by atoms with Crippen molar-refractivity contribution in [1.82, 2.24) is 9.55 Å². The number of carbonyl (C=O) groups is 1. The first-order valence-corrected chi connectivity index (χ1v) is 9.52. The van der Waals surface area contributed by atoms with Crippen LogP contribution in [0.15, 0.2) is 53.8 Å². The maximum absolute atomic E-state index is 12.4. The predicted molar refractivity (Wildman–Crippen MR) is 109 cm³/mol. The lowest BCUT2D eigenvalue weighted by Crippen LogP contribution is -2.16. The maximum Gasteiger partial charge on any atom is 0.234 e. The summed E-state index contributed by atoms with van der Waals surface area (Å²) in [6.45, 7) is 6.11. The average Bonchev–Trinajstić information content (AvgIpc) is 2.98. The summed E-state index contributed by atoms with van der Waals surface area (Å²) < 4.78 is 2.02. The van der Waals surface area contributed by atoms with Gasteiger partial charge in [-0.2, -0.15) is 0 Å². The van der Waals surface area contributed by atoms with Crippen LogP contribution in [0.2, 0.25) is 0 Å². The molecule has 5 heteroatoms. The minimum Gasteiger partial charge on any atom is -0.325 e. The highest BCUT2D eigenvalue weighted by Crippen LogP contribution is 2.26. The summed E-state index contributed by atoms with van der Waals surface area (Å²) in [4.78, 5) is 16.9. The normalized spacial score (nSPS) is 10.8. The second-order valence-corrected chi connectivity index (χ2v) is 7.40. The second kappa shape index (κ2) is 7.79. The molecule has 1 aromatic heterocycles. The summed E-state index contributed by atoms with van der Waals surface area (Å²) in [5, 5.41) is 3.87. The molecule has 0 saturated carbocycles. The van der Waals surface area contributed by atoms with Crippen molar-refractivity contribution in [2.75, 3.05) is 11.1 Å². The zero-order chi connectivity index (χ0) is 18.7. The van der Waals surface area contributed by atoms with E-state index in [1.165, 1.54) is 17.3 Å². The van der Waals surface area contributed by atoms with Crippen LogP contribution in [0.25, 0.3) is 11.3 Å². The Kier molecular flexibility index (Phi) is 5.47. The molecule has 3 rings (SSSR count). The van der Waals surface area contributed by atoms with Gasteiger partial charge in [0.25, 0.3) is 0 Å². The van der Waals surface area contributed by atoms with Gasteiger partial charge in [-0.3, -0.25) is 4.79 Å². The second-order valence-electron chi connectivity index (χ2n) is 6.46. The van der Waals surface area contributed by atoms with Crippen molar-refractivity contribution >= 4 is 23.4 Å². The highest BCUT2D eigenvalue weighted by Gasteiger charge is 2.12. The third-order valence-electron chi connectivity index (χ3n) is 4.29. The molecule has 4 nitrogen and oxygen atoms in total. The molecule has 0 radical (unpaired) electrons. The van der Waals surface area contributed by atoms with Gasteiger partial charge in [-0.15, -0.1) is 0 Å². The van der Waals surface area contributed by atoms with Gasteiger partial charge in [-0.25, -0.2) is 4.98 Å². The van der Waals surface area contributed by atoms with E-state index in [0.717, 1.165) is 33.2 Å². The molecule has 0 aliphatic carbocycles. The van der Waals surface area contributed by atoms with Crippen LogP contribution < -0.4 is 5.32 Å². The Morgan fingerprint density at radius 1 is 1.12 bits per heavy atom. The van der Waals surface area contributed by atoms with E-state index < -0.39 is 0 Å². The van der Waals surface area contributed by atoms with Crippen molar-refractivity contribution in [2.24, 2.45) is 7.05 Å². The number of thioether (sulfide) groups is 1. The smallest absolute Gasteiger partial charge is 0.234 e. The number of anilines is 1. The fourth-order valence-electron chi connectivity index (χ4n) is 3.09. The number of hydrogen-bond donors (Lipinski definition) is 1. The van der Waals surface area contributed by atoms with Crippen molar-refractivity contribution < 1.29 is 4.79 Å². The molecule has 2 aromatic carbocycles. The Labute approximate surface area is 158 Å². The lowest BCUT2D eigenvalue weighted by molar-refractivity contribution is -0.113. The van der Waals surface area contributed by atoms with Crippen molar-refractivity contribution in [1.29, 1.82) is 0 Å². The lowest BCUT2D eigenvalue weighted by atomic mass is 10.1. The highest BCUT2D eigenvalue weighted by atomic mass is 32.2. The minimum atomic E-state index is -0.0192. The number of aryl methyl sites for hydroxylation is 3. The number of amides is 1.